The SMILES string of the molecule is Cc1ccc(CC(=O)C2(c3ccc4c(c3)OCO4)CC2)cc1-c1cncc(C(=O)NCCC(=O)O)c1. The molecule has 8 nitrogen and oxygen atoms in total. The molecular weight excluding hydrogens is 460 g/mol. The quantitative estimate of drug-likeness (QED) is 0.472. The number of rotatable bonds is 9. The zero-order chi connectivity index (χ0) is 25.3. The number of carbonyl (C=O) groups excluding carboxylic acids is 2. The Hall–Kier alpha value is -4.20. The molecule has 0 bridgehead atoms. The molecule has 0 saturated heterocycles. The normalized spacial score (nSPS) is 14.8. The van der Waals surface area contributed by atoms with Crippen LogP contribution in [0.5, 0.6) is 11.5 Å². The maximum absolute atomic E-state index is 13.4. The predicted octanol–water partition coefficient (Wildman–Crippen LogP) is 3.83. The Kier molecular flexibility index (Phi) is 6.18. The molecule has 184 valence electrons. The first-order chi connectivity index (χ1) is 17.4. The third-order valence-electron chi connectivity index (χ3n) is 6.81. The monoisotopic (exact) mass is 486 g/mol. The summed E-state index contributed by atoms with van der Waals surface area (Å²) in [6.45, 7) is 2.21. The van der Waals surface area contributed by atoms with Crippen molar-refractivity contribution in [1.82, 2.24) is 10.3 Å². The zero-order valence-corrected chi connectivity index (χ0v) is 19.9. The number of hydrogen-bond donors (Lipinski definition) is 2. The van der Waals surface area contributed by atoms with Crippen LogP contribution in [0.2, 0.25) is 0 Å². The lowest BCUT2D eigenvalue weighted by Crippen LogP contribution is -2.26. The maximum atomic E-state index is 13.4. The summed E-state index contributed by atoms with van der Waals surface area (Å²) in [4.78, 5) is 40.8. The third kappa shape index (κ3) is 4.66. The number of amides is 1. The minimum atomic E-state index is -0.976. The summed E-state index contributed by atoms with van der Waals surface area (Å²) in [5, 5.41) is 11.4. The average molecular weight is 487 g/mol. The first-order valence-electron chi connectivity index (χ1n) is 11.8. The van der Waals surface area contributed by atoms with E-state index in [-0.39, 0.29) is 31.4 Å². The summed E-state index contributed by atoms with van der Waals surface area (Å²) < 4.78 is 10.9. The number of ether oxygens (including phenoxy) is 2. The van der Waals surface area contributed by atoms with Crippen molar-refractivity contribution in [3.63, 3.8) is 0 Å². The van der Waals surface area contributed by atoms with Crippen molar-refractivity contribution in [3.8, 4) is 22.6 Å². The fourth-order valence-electron chi connectivity index (χ4n) is 4.59. The fraction of sp³-hybridized carbons (Fsp3) is 0.286. The Bertz CT molecular complexity index is 1360. The van der Waals surface area contributed by atoms with Gasteiger partial charge in [0.05, 0.1) is 17.4 Å². The Morgan fingerprint density at radius 3 is 2.61 bits per heavy atom. The number of hydrogen-bond acceptors (Lipinski definition) is 6. The lowest BCUT2D eigenvalue weighted by atomic mass is 9.87. The largest absolute Gasteiger partial charge is 0.481 e. The molecule has 0 unspecified atom stereocenters. The summed E-state index contributed by atoms with van der Waals surface area (Å²) in [5.41, 5.74) is 4.36. The lowest BCUT2D eigenvalue weighted by molar-refractivity contribution is -0.136. The number of aromatic nitrogens is 1. The highest BCUT2D eigenvalue weighted by Gasteiger charge is 2.50. The molecule has 1 fully saturated rings. The van der Waals surface area contributed by atoms with E-state index in [1.165, 1.54) is 6.20 Å². The van der Waals surface area contributed by atoms with Gasteiger partial charge in [0.2, 0.25) is 6.79 Å². The number of benzene rings is 2. The molecule has 0 spiro atoms. The predicted molar refractivity (Wildman–Crippen MR) is 131 cm³/mol. The molecule has 5 rings (SSSR count). The highest BCUT2D eigenvalue weighted by atomic mass is 16.7. The van der Waals surface area contributed by atoms with Gasteiger partial charge in [0.25, 0.3) is 5.91 Å². The van der Waals surface area contributed by atoms with Gasteiger partial charge in [0, 0.05) is 30.9 Å². The van der Waals surface area contributed by atoms with Crippen molar-refractivity contribution in [2.45, 2.75) is 38.0 Å². The van der Waals surface area contributed by atoms with E-state index in [0.29, 0.717) is 23.5 Å². The van der Waals surface area contributed by atoms with Gasteiger partial charge in [-0.15, -0.1) is 0 Å². The summed E-state index contributed by atoms with van der Waals surface area (Å²) in [6, 6.07) is 13.4. The van der Waals surface area contributed by atoms with Crippen LogP contribution in [-0.4, -0.2) is 41.1 Å². The number of pyridine rings is 1. The molecule has 1 aliphatic heterocycles. The molecular formula is C28H26N2O6. The Morgan fingerprint density at radius 2 is 1.83 bits per heavy atom. The first kappa shape index (κ1) is 23.5. The smallest absolute Gasteiger partial charge is 0.305 e. The molecule has 2 heterocycles. The highest BCUT2D eigenvalue weighted by molar-refractivity contribution is 5.96. The van der Waals surface area contributed by atoms with Crippen molar-refractivity contribution in [2.24, 2.45) is 0 Å². The van der Waals surface area contributed by atoms with E-state index in [1.807, 2.05) is 43.3 Å². The minimum absolute atomic E-state index is 0.0418. The molecule has 36 heavy (non-hydrogen) atoms. The molecule has 1 aliphatic carbocycles. The topological polar surface area (TPSA) is 115 Å². The van der Waals surface area contributed by atoms with Crippen LogP contribution in [0.4, 0.5) is 0 Å². The van der Waals surface area contributed by atoms with Crippen LogP contribution in [0.1, 0.15) is 46.3 Å². The number of fused-ring (bicyclic) bond motifs is 1. The summed E-state index contributed by atoms with van der Waals surface area (Å²) in [7, 11) is 0. The lowest BCUT2D eigenvalue weighted by Gasteiger charge is -2.16. The van der Waals surface area contributed by atoms with E-state index >= 15 is 0 Å². The van der Waals surface area contributed by atoms with E-state index < -0.39 is 11.4 Å². The Balaban J connectivity index is 1.34. The summed E-state index contributed by atoms with van der Waals surface area (Å²) >= 11 is 0. The first-order valence-corrected chi connectivity index (χ1v) is 11.8. The van der Waals surface area contributed by atoms with Crippen LogP contribution in [0, 0.1) is 6.92 Å². The second-order valence-electron chi connectivity index (χ2n) is 9.26. The van der Waals surface area contributed by atoms with Gasteiger partial charge in [0.1, 0.15) is 5.78 Å². The third-order valence-corrected chi connectivity index (χ3v) is 6.81. The molecule has 2 N–H and O–H groups in total. The second-order valence-corrected chi connectivity index (χ2v) is 9.26. The van der Waals surface area contributed by atoms with Crippen LogP contribution in [-0.2, 0) is 21.4 Å². The number of nitrogens with zero attached hydrogens (tertiary/aromatic N) is 1. The van der Waals surface area contributed by atoms with Crippen molar-refractivity contribution in [1.29, 1.82) is 0 Å². The molecule has 2 aromatic carbocycles. The van der Waals surface area contributed by atoms with Crippen LogP contribution in [0.3, 0.4) is 0 Å². The van der Waals surface area contributed by atoms with Crippen molar-refractivity contribution < 1.29 is 29.0 Å². The van der Waals surface area contributed by atoms with Crippen LogP contribution < -0.4 is 14.8 Å². The van der Waals surface area contributed by atoms with Gasteiger partial charge in [0.15, 0.2) is 11.5 Å². The molecule has 0 atom stereocenters. The van der Waals surface area contributed by atoms with Crippen LogP contribution in [0.25, 0.3) is 11.1 Å². The summed E-state index contributed by atoms with van der Waals surface area (Å²) in [6.07, 6.45) is 4.90. The molecule has 1 aromatic heterocycles. The molecule has 2 aliphatic rings. The van der Waals surface area contributed by atoms with E-state index in [2.05, 4.69) is 10.3 Å². The standard InChI is InChI=1S/C28H26N2O6/c1-17-2-3-18(10-22(17)19-12-20(15-29-14-19)27(34)30-9-6-26(32)33)11-25(31)28(7-8-28)21-4-5-23-24(13-21)36-16-35-23/h2-5,10,12-15H,6-9,11,16H2,1H3,(H,30,34)(H,32,33). The van der Waals surface area contributed by atoms with E-state index in [9.17, 15) is 14.4 Å². The van der Waals surface area contributed by atoms with Gasteiger partial charge in [-0.2, -0.15) is 0 Å². The highest BCUT2D eigenvalue weighted by Crippen LogP contribution is 2.51. The van der Waals surface area contributed by atoms with Gasteiger partial charge >= 0.3 is 5.97 Å². The van der Waals surface area contributed by atoms with Gasteiger partial charge in [-0.1, -0.05) is 24.3 Å². The molecule has 1 amide bonds. The van der Waals surface area contributed by atoms with Crippen LogP contribution in [0.15, 0.2) is 54.9 Å². The van der Waals surface area contributed by atoms with E-state index in [1.54, 1.807) is 12.3 Å². The van der Waals surface area contributed by atoms with Gasteiger partial charge in [-0.25, -0.2) is 0 Å². The van der Waals surface area contributed by atoms with Gasteiger partial charge in [-0.3, -0.25) is 19.4 Å². The molecule has 8 heteroatoms. The number of carboxylic acid groups (broad SMARTS) is 1. The number of carbonyl (C=O) groups is 3. The Morgan fingerprint density at radius 1 is 1.03 bits per heavy atom. The minimum Gasteiger partial charge on any atom is -0.481 e. The summed E-state index contributed by atoms with van der Waals surface area (Å²) in [5.74, 6) is 0.200. The zero-order valence-electron chi connectivity index (χ0n) is 19.9. The molecule has 0 radical (unpaired) electrons. The number of aryl methyl sites for hydroxylation is 1. The fourth-order valence-corrected chi connectivity index (χ4v) is 4.59. The number of aliphatic carboxylic acids is 1. The molecule has 3 aromatic rings. The van der Waals surface area contributed by atoms with E-state index in [4.69, 9.17) is 14.6 Å². The van der Waals surface area contributed by atoms with Crippen molar-refractivity contribution in [2.75, 3.05) is 13.3 Å². The van der Waals surface area contributed by atoms with Crippen LogP contribution >= 0.6 is 0 Å². The van der Waals surface area contributed by atoms with Crippen molar-refractivity contribution >= 4 is 17.7 Å². The second kappa shape index (κ2) is 9.45. The van der Waals surface area contributed by atoms with Gasteiger partial charge in [-0.05, 0) is 60.2 Å². The number of ketones is 1. The number of nitrogens with one attached hydrogen (secondary N) is 1. The molecule has 1 saturated carbocycles. The van der Waals surface area contributed by atoms with Gasteiger partial charge < -0.3 is 19.9 Å². The average Bonchev–Trinajstić information content (AvgIpc) is 3.55. The number of carboxylic acids is 1. The maximum Gasteiger partial charge on any atom is 0.305 e. The van der Waals surface area contributed by atoms with E-state index in [0.717, 1.165) is 40.7 Å². The van der Waals surface area contributed by atoms with Crippen molar-refractivity contribution in [3.05, 3.63) is 77.1 Å². The Labute approximate surface area is 208 Å². The number of Topliss-reactive ketones (excluding diaryl/α,β-unsaturated/α-hetero) is 1.